The number of hydrazine groups is 1. The summed E-state index contributed by atoms with van der Waals surface area (Å²) in [6.45, 7) is 5.49. The molecule has 1 saturated carbocycles. The molecular weight excluding hydrogens is 537 g/mol. The summed E-state index contributed by atoms with van der Waals surface area (Å²) >= 11 is 0. The summed E-state index contributed by atoms with van der Waals surface area (Å²) in [6.07, 6.45) is 4.60. The van der Waals surface area contributed by atoms with E-state index in [1.54, 1.807) is 12.4 Å². The maximum absolute atomic E-state index is 15.5. The highest BCUT2D eigenvalue weighted by molar-refractivity contribution is 7.86. The number of anilines is 2. The number of carbonyl (C=O) groups excluding carboxylic acids is 2. The van der Waals surface area contributed by atoms with Gasteiger partial charge in [0.25, 0.3) is 0 Å². The first-order valence-electron chi connectivity index (χ1n) is 13.1. The number of nitrogens with one attached hydrogen (secondary N) is 3. The van der Waals surface area contributed by atoms with Gasteiger partial charge in [-0.3, -0.25) is 25.3 Å². The Morgan fingerprint density at radius 1 is 1.26 bits per heavy atom. The highest BCUT2D eigenvalue weighted by atomic mass is 32.2. The van der Waals surface area contributed by atoms with Gasteiger partial charge in [0.15, 0.2) is 17.6 Å². The van der Waals surface area contributed by atoms with Gasteiger partial charge in [-0.1, -0.05) is 25.7 Å². The molecule has 1 aliphatic carbocycles. The molecule has 3 aliphatic rings. The number of hydrogen-bond acceptors (Lipinski definition) is 12. The molecule has 0 spiro atoms. The summed E-state index contributed by atoms with van der Waals surface area (Å²) in [6, 6.07) is 0.151. The summed E-state index contributed by atoms with van der Waals surface area (Å²) in [5.41, 5.74) is 6.71. The molecule has 0 aromatic carbocycles. The maximum Gasteiger partial charge on any atom is 0.312 e. The molecule has 4 rings (SSSR count). The van der Waals surface area contributed by atoms with Crippen molar-refractivity contribution in [3.8, 4) is 0 Å². The van der Waals surface area contributed by atoms with Gasteiger partial charge in [-0.2, -0.15) is 12.8 Å². The van der Waals surface area contributed by atoms with E-state index in [4.69, 9.17) is 9.47 Å². The molecular formula is C23H36FN7O7S. The summed E-state index contributed by atoms with van der Waals surface area (Å²) in [4.78, 5) is 36.0. The number of aromatic nitrogens is 2. The minimum Gasteiger partial charge on any atom is -0.378 e. The van der Waals surface area contributed by atoms with E-state index >= 15 is 4.39 Å². The molecule has 0 radical (unpaired) electrons. The van der Waals surface area contributed by atoms with Gasteiger partial charge in [-0.05, 0) is 19.3 Å². The van der Waals surface area contributed by atoms with Crippen molar-refractivity contribution in [1.29, 1.82) is 0 Å². The molecule has 39 heavy (non-hydrogen) atoms. The van der Waals surface area contributed by atoms with Crippen molar-refractivity contribution < 1.29 is 36.2 Å². The molecule has 16 heteroatoms. The Balaban J connectivity index is 1.38. The molecule has 2 atom stereocenters. The maximum atomic E-state index is 15.5. The minimum absolute atomic E-state index is 0.0727. The zero-order valence-electron chi connectivity index (χ0n) is 21.9. The number of rotatable bonds is 13. The Morgan fingerprint density at radius 2 is 2.05 bits per heavy atom. The Kier molecular flexibility index (Phi) is 10.2. The average Bonchev–Trinajstić information content (AvgIpc) is 3.44. The van der Waals surface area contributed by atoms with Crippen LogP contribution in [-0.2, 0) is 33.5 Å². The number of nitrogens with zero attached hydrogens (tertiary/aromatic N) is 4. The van der Waals surface area contributed by atoms with Gasteiger partial charge in [0.05, 0.1) is 31.8 Å². The molecule has 3 N–H and O–H groups in total. The van der Waals surface area contributed by atoms with Gasteiger partial charge in [0, 0.05) is 26.2 Å². The van der Waals surface area contributed by atoms with Crippen LogP contribution in [0.1, 0.15) is 37.9 Å². The van der Waals surface area contributed by atoms with E-state index in [0.29, 0.717) is 44.5 Å². The molecule has 1 aromatic rings. The molecule has 2 amide bonds. The lowest BCUT2D eigenvalue weighted by atomic mass is 9.93. The first-order chi connectivity index (χ1) is 18.8. The summed E-state index contributed by atoms with van der Waals surface area (Å²) in [5.74, 6) is -2.10. The molecule has 3 fully saturated rings. The first-order valence-corrected chi connectivity index (χ1v) is 14.7. The first kappa shape index (κ1) is 29.3. The van der Waals surface area contributed by atoms with Crippen molar-refractivity contribution in [3.63, 3.8) is 0 Å². The lowest BCUT2D eigenvalue weighted by Crippen LogP contribution is -2.58. The molecule has 2 saturated heterocycles. The number of amides is 2. The highest BCUT2D eigenvalue weighted by Crippen LogP contribution is 2.31. The van der Waals surface area contributed by atoms with E-state index in [0.717, 1.165) is 38.8 Å². The normalized spacial score (nSPS) is 21.3. The molecule has 0 unspecified atom stereocenters. The third-order valence-corrected chi connectivity index (χ3v) is 8.03. The molecule has 2 aliphatic heterocycles. The van der Waals surface area contributed by atoms with Crippen LogP contribution in [0.15, 0.2) is 0 Å². The topological polar surface area (TPSA) is 164 Å². The van der Waals surface area contributed by atoms with Gasteiger partial charge in [0.2, 0.25) is 18.1 Å². The van der Waals surface area contributed by atoms with Crippen molar-refractivity contribution in [2.24, 2.45) is 11.8 Å². The monoisotopic (exact) mass is 573 g/mol. The second-order valence-electron chi connectivity index (χ2n) is 10.0. The molecule has 3 heterocycles. The zero-order valence-corrected chi connectivity index (χ0v) is 22.8. The van der Waals surface area contributed by atoms with Gasteiger partial charge >= 0.3 is 10.1 Å². The quantitative estimate of drug-likeness (QED) is 0.215. The Hall–Kier alpha value is -2.66. The lowest BCUT2D eigenvalue weighted by molar-refractivity contribution is -0.127. The number of piperazine rings is 1. The molecule has 218 valence electrons. The highest BCUT2D eigenvalue weighted by Gasteiger charge is 2.32. The number of fused-ring (bicyclic) bond motifs is 1. The predicted octanol–water partition coefficient (Wildman–Crippen LogP) is 0.0660. The van der Waals surface area contributed by atoms with Crippen LogP contribution < -0.4 is 21.2 Å². The number of morpholine rings is 1. The van der Waals surface area contributed by atoms with Crippen molar-refractivity contribution >= 4 is 34.1 Å². The van der Waals surface area contributed by atoms with Crippen LogP contribution in [-0.4, -0.2) is 93.6 Å². The average molecular weight is 574 g/mol. The predicted molar refractivity (Wildman–Crippen MR) is 137 cm³/mol. The SMILES string of the molecule is Cc1nc(NNC(=O)[C@H](COCS(=O)(=O)ONC=O)CC2CCCC2)c(F)c(N2CCN3CCOC[C@@H]3C2)n1. The van der Waals surface area contributed by atoms with E-state index in [9.17, 15) is 18.0 Å². The van der Waals surface area contributed by atoms with Crippen LogP contribution in [0.2, 0.25) is 0 Å². The number of halogens is 1. The smallest absolute Gasteiger partial charge is 0.312 e. The van der Waals surface area contributed by atoms with Gasteiger partial charge in [0.1, 0.15) is 5.82 Å². The van der Waals surface area contributed by atoms with Crippen LogP contribution in [0.4, 0.5) is 16.0 Å². The van der Waals surface area contributed by atoms with E-state index in [1.807, 2.05) is 4.90 Å². The van der Waals surface area contributed by atoms with Crippen molar-refractivity contribution in [1.82, 2.24) is 25.8 Å². The Labute approximate surface area is 227 Å². The second-order valence-corrected chi connectivity index (χ2v) is 11.5. The third kappa shape index (κ3) is 8.17. The number of hydrogen-bond donors (Lipinski definition) is 3. The van der Waals surface area contributed by atoms with E-state index in [2.05, 4.69) is 30.0 Å². The van der Waals surface area contributed by atoms with Crippen molar-refractivity contribution in [2.75, 3.05) is 62.3 Å². The van der Waals surface area contributed by atoms with Crippen LogP contribution in [0.5, 0.6) is 0 Å². The van der Waals surface area contributed by atoms with Gasteiger partial charge in [-0.15, -0.1) is 4.28 Å². The Bertz CT molecular complexity index is 1110. The van der Waals surface area contributed by atoms with Crippen molar-refractivity contribution in [3.05, 3.63) is 11.6 Å². The largest absolute Gasteiger partial charge is 0.378 e. The fraction of sp³-hybridized carbons (Fsp3) is 0.739. The number of carbonyl (C=O) groups is 2. The number of hydroxylamine groups is 1. The van der Waals surface area contributed by atoms with Gasteiger partial charge in [-0.25, -0.2) is 15.4 Å². The summed E-state index contributed by atoms with van der Waals surface area (Å²) in [5, 5.41) is 0. The van der Waals surface area contributed by atoms with E-state index in [1.165, 1.54) is 0 Å². The second kappa shape index (κ2) is 13.6. The number of aryl methyl sites for hydroxylation is 1. The third-order valence-electron chi connectivity index (χ3n) is 7.22. The fourth-order valence-electron chi connectivity index (χ4n) is 5.31. The molecule has 1 aromatic heterocycles. The van der Waals surface area contributed by atoms with Gasteiger partial charge < -0.3 is 14.4 Å². The summed E-state index contributed by atoms with van der Waals surface area (Å²) in [7, 11) is -4.18. The van der Waals surface area contributed by atoms with E-state index in [-0.39, 0.29) is 30.7 Å². The zero-order chi connectivity index (χ0) is 27.8. The summed E-state index contributed by atoms with van der Waals surface area (Å²) < 4.78 is 54.1. The Morgan fingerprint density at radius 3 is 2.82 bits per heavy atom. The molecule has 14 nitrogen and oxygen atoms in total. The standard InChI is InChI=1S/C23H36FN7O7S/c1-16-26-21(20(24)22(27-16)31-7-6-30-8-9-36-13-19(30)11-31)28-29-23(33)18(10-17-4-2-3-5-17)12-37-15-39(34,35)38-25-14-32/h14,17-19H,2-13,15H2,1H3,(H,25,32)(H,29,33)(H,26,27,28)/t18-,19-/m0/s1. The van der Waals surface area contributed by atoms with Crippen LogP contribution >= 0.6 is 0 Å². The molecule has 0 bridgehead atoms. The fourth-order valence-corrected chi connectivity index (χ4v) is 5.84. The number of ether oxygens (including phenoxy) is 2. The minimum atomic E-state index is -4.18. The van der Waals surface area contributed by atoms with Crippen LogP contribution in [0.25, 0.3) is 0 Å². The lowest BCUT2D eigenvalue weighted by Gasteiger charge is -2.44. The van der Waals surface area contributed by atoms with Crippen molar-refractivity contribution in [2.45, 2.75) is 45.1 Å². The van der Waals surface area contributed by atoms with Crippen LogP contribution in [0.3, 0.4) is 0 Å². The van der Waals surface area contributed by atoms with Crippen LogP contribution in [0, 0.1) is 24.6 Å². The van der Waals surface area contributed by atoms with E-state index < -0.39 is 33.7 Å².